The Morgan fingerprint density at radius 2 is 1.96 bits per heavy atom. The van der Waals surface area contributed by atoms with Crippen molar-refractivity contribution >= 4 is 34.3 Å². The van der Waals surface area contributed by atoms with Crippen LogP contribution in [0.5, 0.6) is 0 Å². The second kappa shape index (κ2) is 6.73. The maximum atomic E-state index is 13.3. The van der Waals surface area contributed by atoms with E-state index in [4.69, 9.17) is 11.6 Å². The van der Waals surface area contributed by atoms with Crippen LogP contribution in [-0.4, -0.2) is 29.2 Å². The Balaban J connectivity index is 1.59. The van der Waals surface area contributed by atoms with Crippen LogP contribution in [0.3, 0.4) is 0 Å². The summed E-state index contributed by atoms with van der Waals surface area (Å²) in [5.41, 5.74) is 4.00. The van der Waals surface area contributed by atoms with Gasteiger partial charge < -0.3 is 10.1 Å². The van der Waals surface area contributed by atoms with Crippen LogP contribution in [0.1, 0.15) is 24.8 Å². The Labute approximate surface area is 168 Å². The van der Waals surface area contributed by atoms with Gasteiger partial charge in [0.15, 0.2) is 0 Å². The third-order valence-corrected chi connectivity index (χ3v) is 7.23. The lowest BCUT2D eigenvalue weighted by molar-refractivity contribution is -0.681. The highest BCUT2D eigenvalue weighted by atomic mass is 35.5. The van der Waals surface area contributed by atoms with Crippen LogP contribution in [0, 0.1) is 12.1 Å². The number of likely N-dealkylation sites (tertiary alicyclic amines) is 1. The van der Waals surface area contributed by atoms with Crippen molar-refractivity contribution in [3.63, 3.8) is 0 Å². The van der Waals surface area contributed by atoms with E-state index in [9.17, 15) is 5.21 Å². The molecule has 27 heavy (non-hydrogen) atoms. The Kier molecular flexibility index (Phi) is 4.34. The Hall–Kier alpha value is -1.69. The summed E-state index contributed by atoms with van der Waals surface area (Å²) in [6, 6.07) is 10.0. The summed E-state index contributed by atoms with van der Waals surface area (Å²) in [7, 11) is 0. The molecule has 1 fully saturated rings. The van der Waals surface area contributed by atoms with Gasteiger partial charge in [-0.25, -0.2) is 0 Å². The number of rotatable bonds is 4. The SMILES string of the molecule is Cc1ccc2c3c1Sc1cc(Cl)ccc1-c3[n+]([O-])n2CCCN1CCCC1. The fourth-order valence-electron chi connectivity index (χ4n) is 4.35. The van der Waals surface area contributed by atoms with Crippen molar-refractivity contribution < 1.29 is 4.85 Å². The van der Waals surface area contributed by atoms with Crippen molar-refractivity contribution in [2.75, 3.05) is 19.6 Å². The largest absolute Gasteiger partial charge is 0.595 e. The maximum absolute atomic E-state index is 13.3. The summed E-state index contributed by atoms with van der Waals surface area (Å²) in [6.07, 6.45) is 3.60. The Morgan fingerprint density at radius 1 is 1.15 bits per heavy atom. The van der Waals surface area contributed by atoms with Crippen molar-refractivity contribution in [1.82, 2.24) is 9.58 Å². The van der Waals surface area contributed by atoms with Gasteiger partial charge >= 0.3 is 0 Å². The van der Waals surface area contributed by atoms with Crippen LogP contribution in [0.25, 0.3) is 22.2 Å². The molecule has 0 amide bonds. The topological polar surface area (TPSA) is 35.1 Å². The lowest BCUT2D eigenvalue weighted by Crippen LogP contribution is -2.39. The van der Waals surface area contributed by atoms with Crippen molar-refractivity contribution in [2.45, 2.75) is 42.5 Å². The lowest BCUT2D eigenvalue weighted by Gasteiger charge is -2.15. The molecule has 0 aliphatic carbocycles. The highest BCUT2D eigenvalue weighted by Crippen LogP contribution is 2.48. The molecule has 0 spiro atoms. The molecule has 2 aliphatic heterocycles. The predicted octanol–water partition coefficient (Wildman–Crippen LogP) is 4.85. The van der Waals surface area contributed by atoms with Crippen molar-refractivity contribution in [3.05, 3.63) is 46.1 Å². The third kappa shape index (κ3) is 2.84. The zero-order valence-electron chi connectivity index (χ0n) is 15.4. The quantitative estimate of drug-likeness (QED) is 0.363. The Morgan fingerprint density at radius 3 is 2.78 bits per heavy atom. The van der Waals surface area contributed by atoms with Crippen LogP contribution in [0.15, 0.2) is 40.1 Å². The monoisotopic (exact) mass is 399 g/mol. The first-order chi connectivity index (χ1) is 13.1. The summed E-state index contributed by atoms with van der Waals surface area (Å²) in [4.78, 5) is 5.86. The van der Waals surface area contributed by atoms with Gasteiger partial charge in [-0.3, -0.25) is 0 Å². The molecule has 6 heteroatoms. The van der Waals surface area contributed by atoms with Gasteiger partial charge in [0, 0.05) is 21.4 Å². The normalized spacial score (nSPS) is 16.2. The molecule has 2 aliphatic rings. The molecule has 0 bridgehead atoms. The molecule has 0 unspecified atom stereocenters. The summed E-state index contributed by atoms with van der Waals surface area (Å²) in [6.45, 7) is 6.31. The first kappa shape index (κ1) is 17.4. The molecule has 4 nitrogen and oxygen atoms in total. The number of benzene rings is 2. The van der Waals surface area contributed by atoms with E-state index in [1.807, 2.05) is 22.9 Å². The first-order valence-corrected chi connectivity index (χ1v) is 10.8. The zero-order valence-corrected chi connectivity index (χ0v) is 16.9. The molecule has 3 heterocycles. The molecule has 3 aromatic rings. The minimum Gasteiger partial charge on any atom is -0.595 e. The van der Waals surface area contributed by atoms with Crippen LogP contribution in [0.2, 0.25) is 5.02 Å². The van der Waals surface area contributed by atoms with Crippen LogP contribution < -0.4 is 4.85 Å². The molecule has 5 rings (SSSR count). The van der Waals surface area contributed by atoms with E-state index >= 15 is 0 Å². The van der Waals surface area contributed by atoms with Crippen molar-refractivity contribution in [3.8, 4) is 11.3 Å². The van der Waals surface area contributed by atoms with Gasteiger partial charge in [0.2, 0.25) is 0 Å². The lowest BCUT2D eigenvalue weighted by atomic mass is 10.0. The van der Waals surface area contributed by atoms with Gasteiger partial charge in [-0.05, 0) is 69.1 Å². The molecule has 140 valence electrons. The highest BCUT2D eigenvalue weighted by Gasteiger charge is 2.32. The van der Waals surface area contributed by atoms with Gasteiger partial charge in [-0.15, -0.1) is 4.68 Å². The van der Waals surface area contributed by atoms with E-state index in [-0.39, 0.29) is 0 Å². The second-order valence-corrected chi connectivity index (χ2v) is 8.98. The van der Waals surface area contributed by atoms with Gasteiger partial charge in [-0.2, -0.15) is 0 Å². The average molecular weight is 400 g/mol. The Bertz CT molecular complexity index is 1040. The van der Waals surface area contributed by atoms with Crippen LogP contribution in [0.4, 0.5) is 0 Å². The van der Waals surface area contributed by atoms with E-state index in [1.54, 1.807) is 11.8 Å². The van der Waals surface area contributed by atoms with E-state index in [0.29, 0.717) is 5.02 Å². The number of hydrogen-bond acceptors (Lipinski definition) is 3. The third-order valence-electron chi connectivity index (χ3n) is 5.71. The fraction of sp³-hybridized carbons (Fsp3) is 0.381. The number of fused-ring (bicyclic) bond motifs is 2. The average Bonchev–Trinajstić information content (AvgIpc) is 3.26. The number of halogens is 1. The van der Waals surface area contributed by atoms with E-state index in [1.165, 1.54) is 36.4 Å². The molecule has 1 aromatic heterocycles. The first-order valence-electron chi connectivity index (χ1n) is 9.59. The maximum Gasteiger partial charge on any atom is 0.261 e. The summed E-state index contributed by atoms with van der Waals surface area (Å²) in [5.74, 6) is 0. The molecule has 0 atom stereocenters. The minimum atomic E-state index is 0.706. The summed E-state index contributed by atoms with van der Waals surface area (Å²) < 4.78 is 1.91. The predicted molar refractivity (Wildman–Crippen MR) is 110 cm³/mol. The van der Waals surface area contributed by atoms with Crippen LogP contribution in [-0.2, 0) is 6.54 Å². The smallest absolute Gasteiger partial charge is 0.261 e. The van der Waals surface area contributed by atoms with Crippen molar-refractivity contribution in [1.29, 1.82) is 0 Å². The minimum absolute atomic E-state index is 0.706. The second-order valence-electron chi connectivity index (χ2n) is 7.50. The number of hydrogen-bond donors (Lipinski definition) is 0. The standard InChI is InChI=1S/C21H22ClN3OS/c1-14-5-8-17-19-20(16-7-6-15(22)13-18(16)27-21(14)19)25(26)24(17)12-4-11-23-9-2-3-10-23/h5-8,13H,2-4,9-12H2,1H3. The molecule has 0 saturated carbocycles. The van der Waals surface area contributed by atoms with E-state index in [0.717, 1.165) is 51.4 Å². The molecule has 1 saturated heterocycles. The summed E-state index contributed by atoms with van der Waals surface area (Å²) >= 11 is 7.94. The van der Waals surface area contributed by atoms with Crippen LogP contribution >= 0.6 is 23.4 Å². The zero-order chi connectivity index (χ0) is 18.5. The molecule has 2 aromatic carbocycles. The van der Waals surface area contributed by atoms with Gasteiger partial charge in [0.05, 0.1) is 17.5 Å². The van der Waals surface area contributed by atoms with Gasteiger partial charge in [0.1, 0.15) is 5.52 Å². The molecular weight excluding hydrogens is 378 g/mol. The number of aryl methyl sites for hydroxylation is 2. The number of nitrogens with zero attached hydrogens (tertiary/aromatic N) is 3. The highest BCUT2D eigenvalue weighted by molar-refractivity contribution is 7.99. The van der Waals surface area contributed by atoms with Crippen molar-refractivity contribution in [2.24, 2.45) is 0 Å². The fourth-order valence-corrected chi connectivity index (χ4v) is 5.80. The molecule has 0 radical (unpaired) electrons. The molecular formula is C21H22ClN3OS. The van der Waals surface area contributed by atoms with E-state index < -0.39 is 0 Å². The van der Waals surface area contributed by atoms with Gasteiger partial charge in [0.25, 0.3) is 5.69 Å². The summed E-state index contributed by atoms with van der Waals surface area (Å²) in [5, 5.41) is 15.1. The van der Waals surface area contributed by atoms with Gasteiger partial charge in [-0.1, -0.05) is 34.3 Å². The number of aromatic nitrogens is 2. The molecule has 0 N–H and O–H groups in total. The van der Waals surface area contributed by atoms with E-state index in [2.05, 4.69) is 24.0 Å².